The molecule has 1 amide bonds. The second-order valence-electron chi connectivity index (χ2n) is 7.32. The number of benzene rings is 1. The van der Waals surface area contributed by atoms with Gasteiger partial charge in [-0.25, -0.2) is 8.78 Å². The summed E-state index contributed by atoms with van der Waals surface area (Å²) in [5.74, 6) is 0.165. The largest absolute Gasteiger partial charge is 0.342 e. The zero-order valence-corrected chi connectivity index (χ0v) is 16.6. The first kappa shape index (κ1) is 20.1. The van der Waals surface area contributed by atoms with Crippen molar-refractivity contribution < 1.29 is 13.6 Å². The van der Waals surface area contributed by atoms with Crippen LogP contribution in [0.4, 0.5) is 8.78 Å². The van der Waals surface area contributed by atoms with Crippen LogP contribution in [0.15, 0.2) is 42.7 Å². The number of nitrogens with zero attached hydrogens (tertiary/aromatic N) is 5. The highest BCUT2D eigenvalue weighted by Gasteiger charge is 2.23. The molecular formula is C21H22F2N6O. The van der Waals surface area contributed by atoms with Crippen LogP contribution in [0, 0.1) is 11.6 Å². The second kappa shape index (κ2) is 8.66. The highest BCUT2D eigenvalue weighted by Crippen LogP contribution is 2.18. The molecule has 1 unspecified atom stereocenters. The van der Waals surface area contributed by atoms with Crippen molar-refractivity contribution in [2.24, 2.45) is 0 Å². The minimum atomic E-state index is -0.578. The van der Waals surface area contributed by atoms with Gasteiger partial charge in [0, 0.05) is 56.6 Å². The minimum Gasteiger partial charge on any atom is -0.342 e. The van der Waals surface area contributed by atoms with E-state index < -0.39 is 11.6 Å². The zero-order valence-electron chi connectivity index (χ0n) is 16.6. The number of rotatable bonds is 5. The number of halogens is 2. The van der Waals surface area contributed by atoms with Gasteiger partial charge in [-0.1, -0.05) is 6.07 Å². The molecule has 1 aromatic carbocycles. The Balaban J connectivity index is 1.43. The summed E-state index contributed by atoms with van der Waals surface area (Å²) in [7, 11) is 0. The average molecular weight is 412 g/mol. The monoisotopic (exact) mass is 412 g/mol. The lowest BCUT2D eigenvalue weighted by atomic mass is 10.2. The highest BCUT2D eigenvalue weighted by atomic mass is 19.1. The van der Waals surface area contributed by atoms with E-state index in [1.54, 1.807) is 18.3 Å². The maximum Gasteiger partial charge on any atom is 0.253 e. The third kappa shape index (κ3) is 4.35. The third-order valence-electron chi connectivity index (χ3n) is 5.22. The van der Waals surface area contributed by atoms with Gasteiger partial charge in [0.1, 0.15) is 17.5 Å². The number of aromatic nitrogens is 4. The normalized spacial score (nSPS) is 15.3. The lowest BCUT2D eigenvalue weighted by molar-refractivity contribution is 0.0937. The van der Waals surface area contributed by atoms with Gasteiger partial charge in [0.2, 0.25) is 0 Å². The van der Waals surface area contributed by atoms with Crippen LogP contribution in [-0.2, 0) is 19.5 Å². The van der Waals surface area contributed by atoms with Crippen molar-refractivity contribution in [3.63, 3.8) is 0 Å². The molecule has 0 bridgehead atoms. The van der Waals surface area contributed by atoms with Gasteiger partial charge in [0.25, 0.3) is 5.91 Å². The third-order valence-corrected chi connectivity index (χ3v) is 5.22. The Hall–Kier alpha value is -3.20. The van der Waals surface area contributed by atoms with E-state index in [0.717, 1.165) is 11.9 Å². The molecule has 0 aliphatic carbocycles. The fourth-order valence-corrected chi connectivity index (χ4v) is 3.60. The number of pyridine rings is 1. The maximum atomic E-state index is 14.0. The van der Waals surface area contributed by atoms with Crippen molar-refractivity contribution in [1.82, 2.24) is 30.0 Å². The van der Waals surface area contributed by atoms with Gasteiger partial charge < -0.3 is 9.88 Å². The second-order valence-corrected chi connectivity index (χ2v) is 7.32. The molecule has 9 heteroatoms. The molecule has 0 radical (unpaired) electrons. The van der Waals surface area contributed by atoms with Gasteiger partial charge in [-0.2, -0.15) is 0 Å². The number of amides is 1. The Morgan fingerprint density at radius 1 is 1.20 bits per heavy atom. The van der Waals surface area contributed by atoms with Crippen LogP contribution in [0.5, 0.6) is 0 Å². The molecule has 0 saturated carbocycles. The number of hydrogen-bond acceptors (Lipinski definition) is 5. The van der Waals surface area contributed by atoms with E-state index in [1.807, 2.05) is 11.5 Å². The summed E-state index contributed by atoms with van der Waals surface area (Å²) in [6, 6.07) is 6.74. The zero-order chi connectivity index (χ0) is 21.1. The lowest BCUT2D eigenvalue weighted by Gasteiger charge is -2.20. The van der Waals surface area contributed by atoms with Crippen LogP contribution in [0.2, 0.25) is 0 Å². The van der Waals surface area contributed by atoms with E-state index in [-0.39, 0.29) is 11.9 Å². The summed E-state index contributed by atoms with van der Waals surface area (Å²) in [5, 5.41) is 11.5. The topological polar surface area (TPSA) is 75.9 Å². The molecule has 156 valence electrons. The van der Waals surface area contributed by atoms with Gasteiger partial charge in [-0.15, -0.1) is 10.2 Å². The van der Waals surface area contributed by atoms with Gasteiger partial charge in [0.05, 0.1) is 11.6 Å². The fourth-order valence-electron chi connectivity index (χ4n) is 3.60. The van der Waals surface area contributed by atoms with E-state index in [1.165, 1.54) is 18.3 Å². The molecule has 3 aromatic rings. The van der Waals surface area contributed by atoms with Crippen molar-refractivity contribution in [3.05, 3.63) is 77.1 Å². The summed E-state index contributed by atoms with van der Waals surface area (Å²) in [5.41, 5.74) is 0.943. The molecule has 2 aromatic heterocycles. The SMILES string of the molecule is CC(NC(=O)c1cccnc1)c1nnc2n1CCN(Cc1ccc(F)cc1F)CC2. The fraction of sp³-hybridized carbons (Fsp3) is 0.333. The van der Waals surface area contributed by atoms with E-state index >= 15 is 0 Å². The van der Waals surface area contributed by atoms with E-state index in [4.69, 9.17) is 0 Å². The first-order valence-electron chi connectivity index (χ1n) is 9.80. The molecular weight excluding hydrogens is 390 g/mol. The predicted molar refractivity (Wildman–Crippen MR) is 105 cm³/mol. The molecule has 1 N–H and O–H groups in total. The van der Waals surface area contributed by atoms with Crippen molar-refractivity contribution >= 4 is 5.91 Å². The summed E-state index contributed by atoms with van der Waals surface area (Å²) in [6.07, 6.45) is 3.78. The number of carbonyl (C=O) groups excluding carboxylic acids is 1. The molecule has 30 heavy (non-hydrogen) atoms. The Morgan fingerprint density at radius 2 is 2.07 bits per heavy atom. The molecule has 1 aliphatic rings. The van der Waals surface area contributed by atoms with Crippen LogP contribution in [-0.4, -0.2) is 43.6 Å². The van der Waals surface area contributed by atoms with Crippen molar-refractivity contribution in [1.29, 1.82) is 0 Å². The lowest BCUT2D eigenvalue weighted by Crippen LogP contribution is -2.30. The molecule has 1 aliphatic heterocycles. The molecule has 0 spiro atoms. The Bertz CT molecular complexity index is 1040. The summed E-state index contributed by atoms with van der Waals surface area (Å²) in [4.78, 5) is 18.5. The van der Waals surface area contributed by atoms with Crippen LogP contribution < -0.4 is 5.32 Å². The summed E-state index contributed by atoms with van der Waals surface area (Å²) >= 11 is 0. The molecule has 4 rings (SSSR count). The Morgan fingerprint density at radius 3 is 2.83 bits per heavy atom. The summed E-state index contributed by atoms with van der Waals surface area (Å²) < 4.78 is 29.2. The average Bonchev–Trinajstić information content (AvgIpc) is 3.05. The highest BCUT2D eigenvalue weighted by molar-refractivity contribution is 5.93. The molecule has 3 heterocycles. The Kier molecular flexibility index (Phi) is 5.80. The quantitative estimate of drug-likeness (QED) is 0.697. The van der Waals surface area contributed by atoms with E-state index in [0.29, 0.717) is 49.6 Å². The first-order valence-corrected chi connectivity index (χ1v) is 9.80. The standard InChI is InChI=1S/C21H22F2N6O/c1-14(25-21(30)15-3-2-7-24-12-15)20-27-26-19-6-8-28(9-10-29(19)20)13-16-4-5-17(22)11-18(16)23/h2-5,7,11-12,14H,6,8-10,13H2,1H3,(H,25,30). The van der Waals surface area contributed by atoms with Gasteiger partial charge in [-0.3, -0.25) is 14.7 Å². The van der Waals surface area contributed by atoms with Crippen molar-refractivity contribution in [2.75, 3.05) is 13.1 Å². The van der Waals surface area contributed by atoms with Crippen molar-refractivity contribution in [2.45, 2.75) is 32.5 Å². The number of hydrogen-bond donors (Lipinski definition) is 1. The summed E-state index contributed by atoms with van der Waals surface area (Å²) in [6.45, 7) is 4.23. The van der Waals surface area contributed by atoms with Gasteiger partial charge >= 0.3 is 0 Å². The first-order chi connectivity index (χ1) is 14.5. The van der Waals surface area contributed by atoms with Crippen LogP contribution >= 0.6 is 0 Å². The van der Waals surface area contributed by atoms with Crippen LogP contribution in [0.1, 0.15) is 40.5 Å². The minimum absolute atomic E-state index is 0.227. The molecule has 0 fully saturated rings. The van der Waals surface area contributed by atoms with Crippen molar-refractivity contribution in [3.8, 4) is 0 Å². The van der Waals surface area contributed by atoms with E-state index in [2.05, 4.69) is 25.4 Å². The van der Waals surface area contributed by atoms with Crippen LogP contribution in [0.25, 0.3) is 0 Å². The molecule has 7 nitrogen and oxygen atoms in total. The number of carbonyl (C=O) groups is 1. The number of nitrogens with one attached hydrogen (secondary N) is 1. The van der Waals surface area contributed by atoms with Crippen LogP contribution in [0.3, 0.4) is 0 Å². The molecule has 0 saturated heterocycles. The van der Waals surface area contributed by atoms with Gasteiger partial charge in [-0.05, 0) is 25.1 Å². The van der Waals surface area contributed by atoms with Gasteiger partial charge in [0.15, 0.2) is 5.82 Å². The Labute approximate surface area is 172 Å². The maximum absolute atomic E-state index is 14.0. The van der Waals surface area contributed by atoms with E-state index in [9.17, 15) is 13.6 Å². The predicted octanol–water partition coefficient (Wildman–Crippen LogP) is 2.50. The number of fused-ring (bicyclic) bond motifs is 1. The smallest absolute Gasteiger partial charge is 0.253 e. The molecule has 1 atom stereocenters.